The van der Waals surface area contributed by atoms with Gasteiger partial charge in [-0.05, 0) is 57.6 Å². The van der Waals surface area contributed by atoms with Gasteiger partial charge < -0.3 is 19.1 Å². The summed E-state index contributed by atoms with van der Waals surface area (Å²) in [6.45, 7) is 1.44. The number of pyridine rings is 1. The van der Waals surface area contributed by atoms with Crippen LogP contribution in [-0.2, 0) is 9.47 Å². The molecule has 2 fully saturated rings. The van der Waals surface area contributed by atoms with Crippen molar-refractivity contribution in [1.82, 2.24) is 9.88 Å². The molecule has 7 nitrogen and oxygen atoms in total. The van der Waals surface area contributed by atoms with E-state index in [9.17, 15) is 18.0 Å². The van der Waals surface area contributed by atoms with Gasteiger partial charge in [0.15, 0.2) is 17.5 Å². The van der Waals surface area contributed by atoms with Gasteiger partial charge in [0, 0.05) is 19.3 Å². The molecule has 1 saturated heterocycles. The molecule has 1 aromatic heterocycles. The smallest absolute Gasteiger partial charge is 0.425 e. The van der Waals surface area contributed by atoms with Gasteiger partial charge in [0.25, 0.3) is 0 Å². The average Bonchev–Trinajstić information content (AvgIpc) is 2.75. The van der Waals surface area contributed by atoms with Crippen molar-refractivity contribution in [3.8, 4) is 11.8 Å². The molecule has 2 aliphatic rings. The first-order valence-corrected chi connectivity index (χ1v) is 10.5. The van der Waals surface area contributed by atoms with E-state index in [0.717, 1.165) is 32.6 Å². The number of carbonyl (C=O) groups is 1. The molecule has 0 bridgehead atoms. The summed E-state index contributed by atoms with van der Waals surface area (Å²) >= 11 is 0. The fourth-order valence-corrected chi connectivity index (χ4v) is 3.77. The van der Waals surface area contributed by atoms with E-state index >= 15 is 0 Å². The minimum atomic E-state index is -4.56. The molecule has 2 heterocycles. The van der Waals surface area contributed by atoms with Gasteiger partial charge in [-0.3, -0.25) is 0 Å². The van der Waals surface area contributed by atoms with Crippen LogP contribution in [0.4, 0.5) is 18.0 Å². The Labute approximate surface area is 179 Å². The first-order chi connectivity index (χ1) is 14.8. The molecule has 0 N–H and O–H groups in total. The molecular formula is C21H26F3N3O4. The Kier molecular flexibility index (Phi) is 7.59. The minimum absolute atomic E-state index is 0.00314. The van der Waals surface area contributed by atoms with E-state index in [-0.39, 0.29) is 24.0 Å². The quantitative estimate of drug-likeness (QED) is 0.681. The number of halogens is 3. The van der Waals surface area contributed by atoms with Crippen LogP contribution in [0.2, 0.25) is 0 Å². The SMILES string of the molecule is CC(OC(=O)N1CCC(O[C@H]2CC[C@H](Oc3cccnc3C#N)CC2)CC1)C(F)(F)F. The number of alkyl halides is 3. The van der Waals surface area contributed by atoms with Gasteiger partial charge in [-0.2, -0.15) is 18.4 Å². The van der Waals surface area contributed by atoms with Gasteiger partial charge in [0.05, 0.1) is 18.3 Å². The van der Waals surface area contributed by atoms with Crippen LogP contribution in [0, 0.1) is 11.3 Å². The zero-order valence-corrected chi connectivity index (χ0v) is 17.3. The Morgan fingerprint density at radius 1 is 1.16 bits per heavy atom. The van der Waals surface area contributed by atoms with Crippen molar-refractivity contribution >= 4 is 6.09 Å². The zero-order chi connectivity index (χ0) is 22.4. The summed E-state index contributed by atoms with van der Waals surface area (Å²) in [5.74, 6) is 0.494. The molecule has 1 atom stereocenters. The van der Waals surface area contributed by atoms with E-state index < -0.39 is 18.4 Å². The van der Waals surface area contributed by atoms with Gasteiger partial charge in [0.2, 0.25) is 0 Å². The Morgan fingerprint density at radius 2 is 1.77 bits per heavy atom. The zero-order valence-electron chi connectivity index (χ0n) is 17.3. The fraction of sp³-hybridized carbons (Fsp3) is 0.667. The molecule has 1 aliphatic carbocycles. The number of ether oxygens (including phenoxy) is 3. The highest BCUT2D eigenvalue weighted by atomic mass is 19.4. The maximum atomic E-state index is 12.5. The maximum Gasteiger partial charge on any atom is 0.425 e. The highest BCUT2D eigenvalue weighted by Gasteiger charge is 2.40. The number of hydrogen-bond acceptors (Lipinski definition) is 6. The van der Waals surface area contributed by atoms with Crippen LogP contribution in [-0.4, -0.2) is 59.7 Å². The van der Waals surface area contributed by atoms with E-state index in [2.05, 4.69) is 9.72 Å². The highest BCUT2D eigenvalue weighted by Crippen LogP contribution is 2.29. The van der Waals surface area contributed by atoms with Gasteiger partial charge >= 0.3 is 12.3 Å². The molecule has 3 rings (SSSR count). The highest BCUT2D eigenvalue weighted by molar-refractivity contribution is 5.68. The molecule has 10 heteroatoms. The van der Waals surface area contributed by atoms with Crippen molar-refractivity contribution in [1.29, 1.82) is 5.26 Å². The van der Waals surface area contributed by atoms with E-state index in [0.29, 0.717) is 31.7 Å². The van der Waals surface area contributed by atoms with E-state index in [1.54, 1.807) is 18.3 Å². The van der Waals surface area contributed by atoms with Gasteiger partial charge in [-0.1, -0.05) is 0 Å². The van der Waals surface area contributed by atoms with Crippen LogP contribution in [0.25, 0.3) is 0 Å². The predicted molar refractivity (Wildman–Crippen MR) is 103 cm³/mol. The topological polar surface area (TPSA) is 84.7 Å². The number of hydrogen-bond donors (Lipinski definition) is 0. The third-order valence-electron chi connectivity index (χ3n) is 5.62. The van der Waals surface area contributed by atoms with Crippen molar-refractivity contribution in [2.75, 3.05) is 13.1 Å². The Bertz CT molecular complexity index is 783. The lowest BCUT2D eigenvalue weighted by Gasteiger charge is -2.36. The van der Waals surface area contributed by atoms with Gasteiger partial charge in [0.1, 0.15) is 6.07 Å². The van der Waals surface area contributed by atoms with Crippen molar-refractivity contribution in [2.24, 2.45) is 0 Å². The van der Waals surface area contributed by atoms with E-state index in [1.807, 2.05) is 6.07 Å². The van der Waals surface area contributed by atoms with Crippen LogP contribution < -0.4 is 4.74 Å². The van der Waals surface area contributed by atoms with Crippen LogP contribution in [0.3, 0.4) is 0 Å². The monoisotopic (exact) mass is 441 g/mol. The molecule has 170 valence electrons. The molecule has 1 unspecified atom stereocenters. The normalized spacial score (nSPS) is 23.6. The molecule has 1 aromatic rings. The summed E-state index contributed by atoms with van der Waals surface area (Å²) in [6.07, 6.45) is -1.66. The summed E-state index contributed by atoms with van der Waals surface area (Å²) in [6, 6.07) is 5.50. The van der Waals surface area contributed by atoms with Crippen LogP contribution in [0.1, 0.15) is 51.1 Å². The third-order valence-corrected chi connectivity index (χ3v) is 5.62. The van der Waals surface area contributed by atoms with E-state index in [1.165, 1.54) is 4.90 Å². The second-order valence-electron chi connectivity index (χ2n) is 7.87. The van der Waals surface area contributed by atoms with Crippen LogP contribution in [0.15, 0.2) is 18.3 Å². The van der Waals surface area contributed by atoms with Crippen LogP contribution in [0.5, 0.6) is 5.75 Å². The Balaban J connectivity index is 1.37. The van der Waals surface area contributed by atoms with Gasteiger partial charge in [-0.25, -0.2) is 9.78 Å². The third kappa shape index (κ3) is 6.47. The molecule has 1 aliphatic heterocycles. The molecule has 1 amide bonds. The number of likely N-dealkylation sites (tertiary alicyclic amines) is 1. The largest absolute Gasteiger partial charge is 0.487 e. The summed E-state index contributed by atoms with van der Waals surface area (Å²) in [4.78, 5) is 17.2. The fourth-order valence-electron chi connectivity index (χ4n) is 3.77. The second kappa shape index (κ2) is 10.2. The summed E-state index contributed by atoms with van der Waals surface area (Å²) < 4.78 is 54.2. The molecule has 0 aromatic carbocycles. The first-order valence-electron chi connectivity index (χ1n) is 10.5. The number of carbonyl (C=O) groups excluding carboxylic acids is 1. The van der Waals surface area contributed by atoms with Crippen molar-refractivity contribution in [3.63, 3.8) is 0 Å². The maximum absolute atomic E-state index is 12.5. The lowest BCUT2D eigenvalue weighted by atomic mass is 9.94. The number of rotatable bonds is 5. The van der Waals surface area contributed by atoms with Crippen molar-refractivity contribution in [2.45, 2.75) is 76.0 Å². The van der Waals surface area contributed by atoms with Gasteiger partial charge in [-0.15, -0.1) is 0 Å². The number of nitrogens with zero attached hydrogens (tertiary/aromatic N) is 3. The lowest BCUT2D eigenvalue weighted by Crippen LogP contribution is -2.44. The molecule has 31 heavy (non-hydrogen) atoms. The standard InChI is InChI=1S/C21H26F3N3O4/c1-14(21(22,23)24)29-20(28)27-11-8-17(9-12-27)30-15-4-6-16(7-5-15)31-19-3-2-10-26-18(19)13-25/h2-3,10,14-17H,4-9,11-12H2,1H3/t14?,15-,16-. The summed E-state index contributed by atoms with van der Waals surface area (Å²) in [5, 5.41) is 9.11. The first kappa shape index (κ1) is 23.1. The molecule has 0 spiro atoms. The molecular weight excluding hydrogens is 415 g/mol. The average molecular weight is 441 g/mol. The molecule has 0 radical (unpaired) electrons. The number of piperidine rings is 1. The number of nitriles is 1. The number of amides is 1. The Hall–Kier alpha value is -2.54. The second-order valence-corrected chi connectivity index (χ2v) is 7.87. The summed E-state index contributed by atoms with van der Waals surface area (Å²) in [7, 11) is 0. The summed E-state index contributed by atoms with van der Waals surface area (Å²) in [5.41, 5.74) is 0.274. The predicted octanol–water partition coefficient (Wildman–Crippen LogP) is 4.21. The van der Waals surface area contributed by atoms with Crippen molar-refractivity contribution in [3.05, 3.63) is 24.0 Å². The van der Waals surface area contributed by atoms with Crippen molar-refractivity contribution < 1.29 is 32.2 Å². The molecule has 1 saturated carbocycles. The minimum Gasteiger partial charge on any atom is -0.487 e. The number of aromatic nitrogens is 1. The van der Waals surface area contributed by atoms with E-state index in [4.69, 9.17) is 14.7 Å². The lowest BCUT2D eigenvalue weighted by molar-refractivity contribution is -0.200. The Morgan fingerprint density at radius 3 is 2.39 bits per heavy atom. The van der Waals surface area contributed by atoms with Crippen LogP contribution >= 0.6 is 0 Å².